The standard InChI is InChI=1S/C16H21N3O2/c1-4-20-14-7-5-6-8-15(14)21-16-11-18-13(10-19-16)9-17-12(2)3/h5-8,10-12,17H,4,9H2,1-3H3. The van der Waals surface area contributed by atoms with E-state index < -0.39 is 0 Å². The maximum atomic E-state index is 5.72. The smallest absolute Gasteiger partial charge is 0.238 e. The molecule has 21 heavy (non-hydrogen) atoms. The van der Waals surface area contributed by atoms with E-state index in [0.29, 0.717) is 36.6 Å². The van der Waals surface area contributed by atoms with Gasteiger partial charge in [-0.15, -0.1) is 0 Å². The van der Waals surface area contributed by atoms with Gasteiger partial charge in [0.05, 0.1) is 24.7 Å². The van der Waals surface area contributed by atoms with E-state index in [1.165, 1.54) is 0 Å². The molecule has 2 aromatic rings. The summed E-state index contributed by atoms with van der Waals surface area (Å²) in [5.74, 6) is 1.80. The van der Waals surface area contributed by atoms with Gasteiger partial charge >= 0.3 is 0 Å². The van der Waals surface area contributed by atoms with Gasteiger partial charge in [-0.25, -0.2) is 4.98 Å². The van der Waals surface area contributed by atoms with E-state index in [1.807, 2.05) is 31.2 Å². The van der Waals surface area contributed by atoms with Crippen LogP contribution in [0.5, 0.6) is 17.4 Å². The highest BCUT2D eigenvalue weighted by atomic mass is 16.5. The topological polar surface area (TPSA) is 56.3 Å². The Balaban J connectivity index is 2.03. The molecular weight excluding hydrogens is 266 g/mol. The summed E-state index contributed by atoms with van der Waals surface area (Å²) in [6.45, 7) is 7.41. The van der Waals surface area contributed by atoms with Crippen molar-refractivity contribution in [2.45, 2.75) is 33.4 Å². The molecule has 0 atom stereocenters. The van der Waals surface area contributed by atoms with Crippen molar-refractivity contribution in [1.29, 1.82) is 0 Å². The van der Waals surface area contributed by atoms with Gasteiger partial charge in [-0.1, -0.05) is 26.0 Å². The predicted octanol–water partition coefficient (Wildman–Crippen LogP) is 3.17. The number of nitrogens with one attached hydrogen (secondary N) is 1. The summed E-state index contributed by atoms with van der Waals surface area (Å²) in [6, 6.07) is 7.94. The number of ether oxygens (including phenoxy) is 2. The summed E-state index contributed by atoms with van der Waals surface area (Å²) >= 11 is 0. The molecule has 1 heterocycles. The molecule has 1 aromatic carbocycles. The van der Waals surface area contributed by atoms with Gasteiger partial charge in [-0.3, -0.25) is 4.98 Å². The Labute approximate surface area is 125 Å². The van der Waals surface area contributed by atoms with Crippen LogP contribution >= 0.6 is 0 Å². The van der Waals surface area contributed by atoms with Crippen LogP contribution in [0.1, 0.15) is 26.5 Å². The van der Waals surface area contributed by atoms with Crippen molar-refractivity contribution in [3.8, 4) is 17.4 Å². The minimum Gasteiger partial charge on any atom is -0.490 e. The van der Waals surface area contributed by atoms with Crippen LogP contribution in [0.4, 0.5) is 0 Å². The van der Waals surface area contributed by atoms with Crippen LogP contribution in [0.25, 0.3) is 0 Å². The molecule has 0 aliphatic rings. The van der Waals surface area contributed by atoms with Gasteiger partial charge in [0.25, 0.3) is 0 Å². The van der Waals surface area contributed by atoms with Gasteiger partial charge in [0.2, 0.25) is 5.88 Å². The lowest BCUT2D eigenvalue weighted by atomic mass is 10.3. The molecule has 0 aliphatic heterocycles. The van der Waals surface area contributed by atoms with Gasteiger partial charge in [-0.05, 0) is 19.1 Å². The second kappa shape index (κ2) is 7.59. The Bertz CT molecular complexity index is 556. The van der Waals surface area contributed by atoms with Gasteiger partial charge in [0, 0.05) is 12.6 Å². The molecule has 0 radical (unpaired) electrons. The SMILES string of the molecule is CCOc1ccccc1Oc1cnc(CNC(C)C)cn1. The van der Waals surface area contributed by atoms with Gasteiger partial charge < -0.3 is 14.8 Å². The van der Waals surface area contributed by atoms with Crippen LogP contribution in [-0.2, 0) is 6.54 Å². The third-order valence-electron chi connectivity index (χ3n) is 2.74. The summed E-state index contributed by atoms with van der Waals surface area (Å²) in [5.41, 5.74) is 0.883. The first-order valence-corrected chi connectivity index (χ1v) is 7.13. The largest absolute Gasteiger partial charge is 0.490 e. The van der Waals surface area contributed by atoms with Crippen LogP contribution in [0, 0.1) is 0 Å². The molecule has 0 saturated heterocycles. The number of nitrogens with zero attached hydrogens (tertiary/aromatic N) is 2. The van der Waals surface area contributed by atoms with Crippen LogP contribution in [0.15, 0.2) is 36.7 Å². The molecule has 0 amide bonds. The summed E-state index contributed by atoms with van der Waals surface area (Å²) in [7, 11) is 0. The van der Waals surface area contributed by atoms with E-state index in [0.717, 1.165) is 5.69 Å². The fraction of sp³-hybridized carbons (Fsp3) is 0.375. The fourth-order valence-corrected chi connectivity index (χ4v) is 1.72. The van der Waals surface area contributed by atoms with E-state index in [-0.39, 0.29) is 0 Å². The van der Waals surface area contributed by atoms with Crippen molar-refractivity contribution < 1.29 is 9.47 Å². The number of aromatic nitrogens is 2. The molecule has 0 spiro atoms. The third-order valence-corrected chi connectivity index (χ3v) is 2.74. The molecule has 0 fully saturated rings. The minimum absolute atomic E-state index is 0.417. The van der Waals surface area contributed by atoms with E-state index in [2.05, 4.69) is 29.1 Å². The van der Waals surface area contributed by atoms with Crippen molar-refractivity contribution in [2.24, 2.45) is 0 Å². The van der Waals surface area contributed by atoms with Crippen LogP contribution in [-0.4, -0.2) is 22.6 Å². The summed E-state index contributed by atoms with van der Waals surface area (Å²) in [5, 5.41) is 3.29. The molecule has 0 unspecified atom stereocenters. The van der Waals surface area contributed by atoms with Crippen molar-refractivity contribution in [3.05, 3.63) is 42.4 Å². The molecule has 0 bridgehead atoms. The predicted molar refractivity (Wildman–Crippen MR) is 81.7 cm³/mol. The average Bonchev–Trinajstić information content (AvgIpc) is 2.49. The van der Waals surface area contributed by atoms with Crippen molar-refractivity contribution >= 4 is 0 Å². The highest BCUT2D eigenvalue weighted by molar-refractivity contribution is 5.41. The minimum atomic E-state index is 0.417. The van der Waals surface area contributed by atoms with Crippen molar-refractivity contribution in [2.75, 3.05) is 6.61 Å². The maximum absolute atomic E-state index is 5.72. The average molecular weight is 287 g/mol. The summed E-state index contributed by atoms with van der Waals surface area (Å²) in [4.78, 5) is 8.60. The molecule has 112 valence electrons. The van der Waals surface area contributed by atoms with Gasteiger partial charge in [0.1, 0.15) is 0 Å². The lowest BCUT2D eigenvalue weighted by Crippen LogP contribution is -2.22. The van der Waals surface area contributed by atoms with Gasteiger partial charge in [0.15, 0.2) is 11.5 Å². The first-order chi connectivity index (χ1) is 10.2. The van der Waals surface area contributed by atoms with E-state index >= 15 is 0 Å². The second-order valence-corrected chi connectivity index (χ2v) is 4.86. The summed E-state index contributed by atoms with van der Waals surface area (Å²) < 4.78 is 11.2. The molecule has 1 N–H and O–H groups in total. The number of rotatable bonds is 7. The lowest BCUT2D eigenvalue weighted by Gasteiger charge is -2.11. The van der Waals surface area contributed by atoms with Crippen LogP contribution in [0.3, 0.4) is 0 Å². The second-order valence-electron chi connectivity index (χ2n) is 4.86. The number of hydrogen-bond donors (Lipinski definition) is 1. The molecular formula is C16H21N3O2. The fourth-order valence-electron chi connectivity index (χ4n) is 1.72. The first kappa shape index (κ1) is 15.3. The van der Waals surface area contributed by atoms with Crippen molar-refractivity contribution in [1.82, 2.24) is 15.3 Å². The van der Waals surface area contributed by atoms with Crippen LogP contribution < -0.4 is 14.8 Å². The molecule has 2 rings (SSSR count). The van der Waals surface area contributed by atoms with Crippen LogP contribution in [0.2, 0.25) is 0 Å². The van der Waals surface area contributed by atoms with Gasteiger partial charge in [-0.2, -0.15) is 0 Å². The first-order valence-electron chi connectivity index (χ1n) is 7.13. The van der Waals surface area contributed by atoms with E-state index in [4.69, 9.17) is 9.47 Å². The number of para-hydroxylation sites is 2. The Morgan fingerprint density at radius 1 is 1.10 bits per heavy atom. The Hall–Kier alpha value is -2.14. The molecule has 1 aromatic heterocycles. The molecule has 5 nitrogen and oxygen atoms in total. The highest BCUT2D eigenvalue weighted by Gasteiger charge is 2.06. The zero-order chi connectivity index (χ0) is 15.1. The monoisotopic (exact) mass is 287 g/mol. The molecule has 0 aliphatic carbocycles. The zero-order valence-corrected chi connectivity index (χ0v) is 12.7. The Morgan fingerprint density at radius 2 is 1.86 bits per heavy atom. The van der Waals surface area contributed by atoms with Crippen molar-refractivity contribution in [3.63, 3.8) is 0 Å². The highest BCUT2D eigenvalue weighted by Crippen LogP contribution is 2.29. The third kappa shape index (κ3) is 4.72. The lowest BCUT2D eigenvalue weighted by molar-refractivity contribution is 0.319. The zero-order valence-electron chi connectivity index (χ0n) is 12.7. The molecule has 5 heteroatoms. The Kier molecular flexibility index (Phi) is 5.51. The number of benzene rings is 1. The number of hydrogen-bond acceptors (Lipinski definition) is 5. The van der Waals surface area contributed by atoms with E-state index in [1.54, 1.807) is 12.4 Å². The quantitative estimate of drug-likeness (QED) is 0.847. The maximum Gasteiger partial charge on any atom is 0.238 e. The Morgan fingerprint density at radius 3 is 2.48 bits per heavy atom. The van der Waals surface area contributed by atoms with E-state index in [9.17, 15) is 0 Å². The summed E-state index contributed by atoms with van der Waals surface area (Å²) in [6.07, 6.45) is 3.34. The normalized spacial score (nSPS) is 10.7. The molecule has 0 saturated carbocycles.